The van der Waals surface area contributed by atoms with Crippen LogP contribution >= 0.6 is 0 Å². The molecule has 32 heavy (non-hydrogen) atoms. The summed E-state index contributed by atoms with van der Waals surface area (Å²) in [6, 6.07) is 7.74. The number of piperazine rings is 1. The minimum Gasteiger partial charge on any atom is -0.484 e. The molecule has 1 aliphatic heterocycles. The first-order valence-electron chi connectivity index (χ1n) is 11.4. The maximum atomic E-state index is 12.8. The fourth-order valence-electron chi connectivity index (χ4n) is 5.12. The second kappa shape index (κ2) is 9.11. The van der Waals surface area contributed by atoms with E-state index in [0.717, 1.165) is 36.8 Å². The summed E-state index contributed by atoms with van der Waals surface area (Å²) in [5.74, 6) is 0.625. The number of amides is 2. The van der Waals surface area contributed by atoms with Crippen LogP contribution in [0, 0.1) is 6.92 Å². The van der Waals surface area contributed by atoms with Crippen molar-refractivity contribution < 1.29 is 19.4 Å². The van der Waals surface area contributed by atoms with Crippen molar-refractivity contribution in [2.75, 3.05) is 39.8 Å². The number of hydrogen-bond acceptors (Lipinski definition) is 5. The van der Waals surface area contributed by atoms with Crippen molar-refractivity contribution in [1.82, 2.24) is 19.3 Å². The van der Waals surface area contributed by atoms with Crippen LogP contribution in [0.5, 0.6) is 5.75 Å². The van der Waals surface area contributed by atoms with Crippen LogP contribution in [0.4, 0.5) is 0 Å². The van der Waals surface area contributed by atoms with Gasteiger partial charge in [0, 0.05) is 69.8 Å². The summed E-state index contributed by atoms with van der Waals surface area (Å²) in [6.07, 6.45) is 1.00. The lowest BCUT2D eigenvalue weighted by Crippen LogP contribution is -2.55. The van der Waals surface area contributed by atoms with Crippen LogP contribution in [0.3, 0.4) is 0 Å². The largest absolute Gasteiger partial charge is 0.484 e. The van der Waals surface area contributed by atoms with E-state index >= 15 is 0 Å². The minimum absolute atomic E-state index is 0.0222. The molecule has 3 atom stereocenters. The molecule has 1 saturated carbocycles. The molecule has 1 saturated heterocycles. The van der Waals surface area contributed by atoms with E-state index in [2.05, 4.69) is 22.5 Å². The molecule has 0 unspecified atom stereocenters. The Kier molecular flexibility index (Phi) is 6.44. The molecule has 1 aromatic carbocycles. The van der Waals surface area contributed by atoms with Crippen LogP contribution in [0.1, 0.15) is 25.5 Å². The third kappa shape index (κ3) is 4.34. The molecule has 2 amide bonds. The predicted octanol–water partition coefficient (Wildman–Crippen LogP) is 1.38. The Bertz CT molecular complexity index is 995. The van der Waals surface area contributed by atoms with Gasteiger partial charge in [-0.25, -0.2) is 0 Å². The Balaban J connectivity index is 1.31. The average molecular weight is 443 g/mol. The number of fused-ring (bicyclic) bond motifs is 1. The number of carbonyl (C=O) groups excluding carboxylic acids is 2. The highest BCUT2D eigenvalue weighted by atomic mass is 16.5. The van der Waals surface area contributed by atoms with Gasteiger partial charge in [-0.3, -0.25) is 14.5 Å². The van der Waals surface area contributed by atoms with Crippen LogP contribution in [0.15, 0.2) is 24.3 Å². The molecule has 0 radical (unpaired) electrons. The number of aliphatic hydroxyl groups excluding tert-OH is 1. The van der Waals surface area contributed by atoms with Crippen LogP contribution in [-0.2, 0) is 16.6 Å². The van der Waals surface area contributed by atoms with Gasteiger partial charge in [0.1, 0.15) is 5.75 Å². The molecule has 0 bridgehead atoms. The topological polar surface area (TPSA) is 78.2 Å². The van der Waals surface area contributed by atoms with Crippen LogP contribution < -0.4 is 4.74 Å². The lowest BCUT2D eigenvalue weighted by molar-refractivity contribution is -0.137. The van der Waals surface area contributed by atoms with E-state index in [-0.39, 0.29) is 30.5 Å². The molecule has 0 spiro atoms. The molecule has 8 nitrogen and oxygen atoms in total. The number of aryl methyl sites for hydroxylation is 2. The highest BCUT2D eigenvalue weighted by Gasteiger charge is 2.42. The average Bonchev–Trinajstić information content (AvgIpc) is 3.30. The predicted molar refractivity (Wildman–Crippen MR) is 123 cm³/mol. The SMILES string of the molecule is CC(=O)N1CCN([C@@H]2CC[C@@H](N(C)C(=O)COc3ccc4c(c3)cc(C)n4C)[C@H]2O)CC1. The zero-order chi connectivity index (χ0) is 23.0. The van der Waals surface area contributed by atoms with E-state index in [4.69, 9.17) is 4.74 Å². The van der Waals surface area contributed by atoms with Gasteiger partial charge in [-0.2, -0.15) is 0 Å². The highest BCUT2D eigenvalue weighted by Crippen LogP contribution is 2.29. The van der Waals surface area contributed by atoms with E-state index < -0.39 is 6.10 Å². The summed E-state index contributed by atoms with van der Waals surface area (Å²) in [6.45, 7) is 6.50. The number of aliphatic hydroxyl groups is 1. The maximum absolute atomic E-state index is 12.8. The van der Waals surface area contributed by atoms with Crippen molar-refractivity contribution >= 4 is 22.7 Å². The van der Waals surface area contributed by atoms with Crippen LogP contribution in [-0.4, -0.2) is 94.2 Å². The zero-order valence-electron chi connectivity index (χ0n) is 19.5. The summed E-state index contributed by atoms with van der Waals surface area (Å²) in [5.41, 5.74) is 2.29. The Labute approximate surface area is 189 Å². The Morgan fingerprint density at radius 2 is 1.88 bits per heavy atom. The first kappa shape index (κ1) is 22.6. The molecule has 8 heteroatoms. The first-order valence-corrected chi connectivity index (χ1v) is 11.4. The molecule has 174 valence electrons. The number of likely N-dealkylation sites (N-methyl/N-ethyl adjacent to an activating group) is 1. The van der Waals surface area contributed by atoms with Gasteiger partial charge in [-0.05, 0) is 44.0 Å². The van der Waals surface area contributed by atoms with Crippen molar-refractivity contribution in [3.05, 3.63) is 30.0 Å². The van der Waals surface area contributed by atoms with Gasteiger partial charge in [-0.15, -0.1) is 0 Å². The van der Waals surface area contributed by atoms with E-state index in [1.165, 1.54) is 5.69 Å². The Morgan fingerprint density at radius 3 is 2.56 bits per heavy atom. The van der Waals surface area contributed by atoms with Gasteiger partial charge in [0.25, 0.3) is 5.91 Å². The van der Waals surface area contributed by atoms with Crippen molar-refractivity contribution in [2.24, 2.45) is 7.05 Å². The fraction of sp³-hybridized carbons (Fsp3) is 0.583. The summed E-state index contributed by atoms with van der Waals surface area (Å²) in [7, 11) is 3.78. The third-order valence-electron chi connectivity index (χ3n) is 7.28. The fourth-order valence-corrected chi connectivity index (χ4v) is 5.12. The lowest BCUT2D eigenvalue weighted by Gasteiger charge is -2.39. The second-order valence-electron chi connectivity index (χ2n) is 9.10. The van der Waals surface area contributed by atoms with Crippen molar-refractivity contribution in [2.45, 2.75) is 44.9 Å². The number of carbonyl (C=O) groups is 2. The van der Waals surface area contributed by atoms with Crippen LogP contribution in [0.2, 0.25) is 0 Å². The number of hydrogen-bond donors (Lipinski definition) is 1. The number of aromatic nitrogens is 1. The van der Waals surface area contributed by atoms with Crippen molar-refractivity contribution in [1.29, 1.82) is 0 Å². The lowest BCUT2D eigenvalue weighted by atomic mass is 10.1. The first-order chi connectivity index (χ1) is 15.3. The second-order valence-corrected chi connectivity index (χ2v) is 9.10. The number of ether oxygens (including phenoxy) is 1. The summed E-state index contributed by atoms with van der Waals surface area (Å²) >= 11 is 0. The molecular weight excluding hydrogens is 408 g/mol. The van der Waals surface area contributed by atoms with Gasteiger partial charge in [0.2, 0.25) is 5.91 Å². The minimum atomic E-state index is -0.600. The third-order valence-corrected chi connectivity index (χ3v) is 7.28. The molecule has 2 aliphatic rings. The number of nitrogens with zero attached hydrogens (tertiary/aromatic N) is 4. The van der Waals surface area contributed by atoms with Gasteiger partial charge in [0.05, 0.1) is 12.1 Å². The normalized spacial score (nSPS) is 24.2. The molecule has 4 rings (SSSR count). The standard InChI is InChI=1S/C24H34N4O4/c1-16-13-18-14-19(5-6-20(18)25(16)3)32-15-23(30)26(4)21-7-8-22(24(21)31)28-11-9-27(10-12-28)17(2)29/h5-6,13-14,21-22,24,31H,7-12,15H2,1-4H3/t21-,22-,24-/m1/s1. The highest BCUT2D eigenvalue weighted by molar-refractivity contribution is 5.83. The van der Waals surface area contributed by atoms with E-state index in [1.807, 2.05) is 30.1 Å². The maximum Gasteiger partial charge on any atom is 0.260 e. The molecule has 1 aliphatic carbocycles. The summed E-state index contributed by atoms with van der Waals surface area (Å²) in [4.78, 5) is 30.1. The quantitative estimate of drug-likeness (QED) is 0.757. The van der Waals surface area contributed by atoms with Gasteiger partial charge >= 0.3 is 0 Å². The van der Waals surface area contributed by atoms with Crippen molar-refractivity contribution in [3.63, 3.8) is 0 Å². The van der Waals surface area contributed by atoms with Crippen molar-refractivity contribution in [3.8, 4) is 5.75 Å². The van der Waals surface area contributed by atoms with Gasteiger partial charge < -0.3 is 24.2 Å². The summed E-state index contributed by atoms with van der Waals surface area (Å²) in [5, 5.41) is 12.1. The molecule has 2 heterocycles. The monoisotopic (exact) mass is 442 g/mol. The van der Waals surface area contributed by atoms with E-state index in [9.17, 15) is 14.7 Å². The molecule has 1 aromatic heterocycles. The van der Waals surface area contributed by atoms with E-state index in [0.29, 0.717) is 18.8 Å². The molecule has 2 aromatic rings. The van der Waals surface area contributed by atoms with E-state index in [1.54, 1.807) is 18.9 Å². The molecule has 1 N–H and O–H groups in total. The smallest absolute Gasteiger partial charge is 0.260 e. The summed E-state index contributed by atoms with van der Waals surface area (Å²) < 4.78 is 7.91. The Morgan fingerprint density at radius 1 is 1.16 bits per heavy atom. The van der Waals surface area contributed by atoms with Crippen LogP contribution in [0.25, 0.3) is 10.9 Å². The van der Waals surface area contributed by atoms with Gasteiger partial charge in [0.15, 0.2) is 6.61 Å². The number of benzene rings is 1. The molecular formula is C24H34N4O4. The Hall–Kier alpha value is -2.58. The zero-order valence-corrected chi connectivity index (χ0v) is 19.5. The van der Waals surface area contributed by atoms with Gasteiger partial charge in [-0.1, -0.05) is 0 Å². The number of rotatable bonds is 5. The molecule has 2 fully saturated rings.